The highest BCUT2D eigenvalue weighted by atomic mass is 16.5. The van der Waals surface area contributed by atoms with Gasteiger partial charge in [0.1, 0.15) is 11.7 Å². The van der Waals surface area contributed by atoms with E-state index >= 15 is 0 Å². The molecule has 0 radical (unpaired) electrons. The summed E-state index contributed by atoms with van der Waals surface area (Å²) in [5.74, 6) is 2.22. The third-order valence-corrected chi connectivity index (χ3v) is 9.68. The molecule has 0 aliphatic heterocycles. The Labute approximate surface area is 163 Å². The summed E-state index contributed by atoms with van der Waals surface area (Å²) < 4.78 is 5.55. The number of carbonyl (C=O) groups is 2. The minimum Gasteiger partial charge on any atom is -0.463 e. The van der Waals surface area contributed by atoms with E-state index in [0.29, 0.717) is 35.5 Å². The van der Waals surface area contributed by atoms with Crippen LogP contribution in [-0.2, 0) is 14.3 Å². The molecule has 27 heavy (non-hydrogen) atoms. The lowest BCUT2D eigenvalue weighted by Crippen LogP contribution is -2.58. The van der Waals surface area contributed by atoms with Gasteiger partial charge < -0.3 is 9.84 Å². The lowest BCUT2D eigenvalue weighted by molar-refractivity contribution is -0.175. The maximum absolute atomic E-state index is 12.3. The van der Waals surface area contributed by atoms with Crippen LogP contribution < -0.4 is 0 Å². The van der Waals surface area contributed by atoms with E-state index in [0.717, 1.165) is 38.5 Å². The Balaban J connectivity index is 1.56. The molecule has 1 N–H and O–H groups in total. The zero-order chi connectivity index (χ0) is 19.6. The Morgan fingerprint density at radius 2 is 1.63 bits per heavy atom. The van der Waals surface area contributed by atoms with Crippen LogP contribution in [0, 0.1) is 34.5 Å². The van der Waals surface area contributed by atoms with Crippen LogP contribution >= 0.6 is 0 Å². The van der Waals surface area contributed by atoms with Crippen molar-refractivity contribution in [3.05, 3.63) is 0 Å². The zero-order valence-corrected chi connectivity index (χ0v) is 17.4. The summed E-state index contributed by atoms with van der Waals surface area (Å²) in [5, 5.41) is 11.2. The third-order valence-electron chi connectivity index (χ3n) is 9.68. The summed E-state index contributed by atoms with van der Waals surface area (Å²) in [5.41, 5.74) is -1.05. The second kappa shape index (κ2) is 6.30. The van der Waals surface area contributed by atoms with Crippen LogP contribution in [0.1, 0.15) is 85.5 Å². The number of carbonyl (C=O) groups excluding carboxylic acids is 2. The molecule has 0 spiro atoms. The van der Waals surface area contributed by atoms with Gasteiger partial charge in [-0.3, -0.25) is 9.59 Å². The first-order chi connectivity index (χ1) is 12.6. The molecule has 8 atom stereocenters. The molecule has 4 rings (SSSR count). The number of ketones is 1. The van der Waals surface area contributed by atoms with E-state index in [4.69, 9.17) is 4.74 Å². The number of fused-ring (bicyclic) bond motifs is 5. The van der Waals surface area contributed by atoms with Gasteiger partial charge in [0, 0.05) is 12.3 Å². The molecule has 0 aromatic carbocycles. The monoisotopic (exact) mass is 376 g/mol. The van der Waals surface area contributed by atoms with Crippen molar-refractivity contribution >= 4 is 11.8 Å². The SMILES string of the molecule is CC(=O)O[C@@H]1CC[C@@]2(C)[C@H](CC[C@@H]3[C@@H]2CC[C@@]2(C)[C@H]3CC[C@]2(O)C(C)=O)C1. The lowest BCUT2D eigenvalue weighted by Gasteiger charge is -2.61. The number of hydrogen-bond donors (Lipinski definition) is 1. The second-order valence-electron chi connectivity index (χ2n) is 10.6. The molecule has 152 valence electrons. The van der Waals surface area contributed by atoms with Crippen molar-refractivity contribution in [3.63, 3.8) is 0 Å². The van der Waals surface area contributed by atoms with Gasteiger partial charge in [-0.1, -0.05) is 13.8 Å². The standard InChI is InChI=1S/C23H36O4/c1-14(24)23(26)12-9-20-18-6-5-16-13-17(27-15(2)25)7-10-21(16,3)19(18)8-11-22(20,23)4/h16-20,26H,5-13H2,1-4H3/t16-,17-,18-,19+,20+,21+,22+,23+/m1/s1. The van der Waals surface area contributed by atoms with E-state index in [9.17, 15) is 14.7 Å². The fourth-order valence-corrected chi connectivity index (χ4v) is 8.15. The molecule has 4 aliphatic rings. The van der Waals surface area contributed by atoms with Gasteiger partial charge in [0.2, 0.25) is 0 Å². The molecule has 0 aromatic heterocycles. The van der Waals surface area contributed by atoms with Gasteiger partial charge >= 0.3 is 5.97 Å². The second-order valence-corrected chi connectivity index (χ2v) is 10.6. The molecule has 4 fully saturated rings. The van der Waals surface area contributed by atoms with Crippen molar-refractivity contribution in [2.45, 2.75) is 97.2 Å². The molecule has 0 bridgehead atoms. The molecular weight excluding hydrogens is 340 g/mol. The highest BCUT2D eigenvalue weighted by Gasteiger charge is 2.66. The molecule has 4 saturated carbocycles. The van der Waals surface area contributed by atoms with Crippen LogP contribution in [0.5, 0.6) is 0 Å². The minimum absolute atomic E-state index is 0.0345. The molecular formula is C23H36O4. The molecule has 4 heteroatoms. The molecule has 0 unspecified atom stereocenters. The zero-order valence-electron chi connectivity index (χ0n) is 17.4. The Morgan fingerprint density at radius 3 is 2.30 bits per heavy atom. The summed E-state index contributed by atoms with van der Waals surface area (Å²) in [6.07, 6.45) is 9.34. The van der Waals surface area contributed by atoms with Gasteiger partial charge in [-0.2, -0.15) is 0 Å². The van der Waals surface area contributed by atoms with Crippen molar-refractivity contribution in [3.8, 4) is 0 Å². The number of aliphatic hydroxyl groups is 1. The maximum Gasteiger partial charge on any atom is 0.302 e. The normalized spacial score (nSPS) is 51.7. The lowest BCUT2D eigenvalue weighted by atomic mass is 9.44. The summed E-state index contributed by atoms with van der Waals surface area (Å²) in [4.78, 5) is 23.7. The predicted molar refractivity (Wildman–Crippen MR) is 103 cm³/mol. The number of ether oxygens (including phenoxy) is 1. The fraction of sp³-hybridized carbons (Fsp3) is 0.913. The molecule has 0 aromatic rings. The topological polar surface area (TPSA) is 63.6 Å². The van der Waals surface area contributed by atoms with Crippen molar-refractivity contribution in [1.29, 1.82) is 0 Å². The first-order valence-corrected chi connectivity index (χ1v) is 11.0. The Bertz CT molecular complexity index is 644. The Kier molecular flexibility index (Phi) is 4.53. The molecule has 0 heterocycles. The predicted octanol–water partition coefficient (Wildman–Crippen LogP) is 4.28. The number of Topliss-reactive ketones (excluding diaryl/α,β-unsaturated/α-hetero) is 1. The van der Waals surface area contributed by atoms with Gasteiger partial charge in [0.05, 0.1) is 0 Å². The van der Waals surface area contributed by atoms with Crippen LogP contribution in [-0.4, -0.2) is 28.6 Å². The van der Waals surface area contributed by atoms with Crippen molar-refractivity contribution < 1.29 is 19.4 Å². The minimum atomic E-state index is -1.12. The van der Waals surface area contributed by atoms with E-state index in [1.54, 1.807) is 6.92 Å². The Morgan fingerprint density at radius 1 is 0.926 bits per heavy atom. The molecule has 4 nitrogen and oxygen atoms in total. The highest BCUT2D eigenvalue weighted by molar-refractivity contribution is 5.86. The quantitative estimate of drug-likeness (QED) is 0.731. The summed E-state index contributed by atoms with van der Waals surface area (Å²) in [6, 6.07) is 0. The van der Waals surface area contributed by atoms with Crippen LogP contribution in [0.15, 0.2) is 0 Å². The van der Waals surface area contributed by atoms with E-state index in [1.807, 2.05) is 0 Å². The van der Waals surface area contributed by atoms with Gasteiger partial charge in [-0.15, -0.1) is 0 Å². The van der Waals surface area contributed by atoms with Crippen molar-refractivity contribution in [2.75, 3.05) is 0 Å². The van der Waals surface area contributed by atoms with Gasteiger partial charge in [-0.25, -0.2) is 0 Å². The van der Waals surface area contributed by atoms with Crippen LogP contribution in [0.25, 0.3) is 0 Å². The Hall–Kier alpha value is -0.900. The summed E-state index contributed by atoms with van der Waals surface area (Å²) in [6.45, 7) is 7.76. The van der Waals surface area contributed by atoms with Crippen molar-refractivity contribution in [1.82, 2.24) is 0 Å². The van der Waals surface area contributed by atoms with E-state index in [2.05, 4.69) is 13.8 Å². The van der Waals surface area contributed by atoms with Crippen LogP contribution in [0.4, 0.5) is 0 Å². The number of esters is 1. The van der Waals surface area contributed by atoms with Gasteiger partial charge in [0.25, 0.3) is 0 Å². The van der Waals surface area contributed by atoms with E-state index < -0.39 is 5.60 Å². The molecule has 0 saturated heterocycles. The highest BCUT2D eigenvalue weighted by Crippen LogP contribution is 2.68. The van der Waals surface area contributed by atoms with E-state index in [-0.39, 0.29) is 23.3 Å². The van der Waals surface area contributed by atoms with Crippen LogP contribution in [0.2, 0.25) is 0 Å². The first kappa shape index (κ1) is 19.4. The smallest absolute Gasteiger partial charge is 0.302 e. The van der Waals surface area contributed by atoms with Gasteiger partial charge in [-0.05, 0) is 93.8 Å². The number of rotatable bonds is 2. The average Bonchev–Trinajstić information content (AvgIpc) is 2.87. The van der Waals surface area contributed by atoms with E-state index in [1.165, 1.54) is 19.8 Å². The van der Waals surface area contributed by atoms with Gasteiger partial charge in [0.15, 0.2) is 5.78 Å². The average molecular weight is 377 g/mol. The summed E-state index contributed by atoms with van der Waals surface area (Å²) >= 11 is 0. The maximum atomic E-state index is 12.3. The molecule has 4 aliphatic carbocycles. The fourth-order valence-electron chi connectivity index (χ4n) is 8.15. The summed E-state index contributed by atoms with van der Waals surface area (Å²) in [7, 11) is 0. The van der Waals surface area contributed by atoms with Crippen molar-refractivity contribution in [2.24, 2.45) is 34.5 Å². The number of hydrogen-bond acceptors (Lipinski definition) is 4. The molecule has 0 amide bonds. The van der Waals surface area contributed by atoms with Crippen LogP contribution in [0.3, 0.4) is 0 Å². The first-order valence-electron chi connectivity index (χ1n) is 11.0. The largest absolute Gasteiger partial charge is 0.463 e. The third kappa shape index (κ3) is 2.65.